The molecule has 0 aliphatic heterocycles. The van der Waals surface area contributed by atoms with Crippen molar-refractivity contribution in [3.05, 3.63) is 0 Å². The van der Waals surface area contributed by atoms with Crippen LogP contribution in [0.15, 0.2) is 0 Å². The highest BCUT2D eigenvalue weighted by molar-refractivity contribution is 5.77. The molecule has 0 aliphatic carbocycles. The van der Waals surface area contributed by atoms with Crippen molar-refractivity contribution in [3.63, 3.8) is 0 Å². The Bertz CT molecular complexity index is 193. The van der Waals surface area contributed by atoms with E-state index < -0.39 is 0 Å². The lowest BCUT2D eigenvalue weighted by molar-refractivity contribution is -0.133. The fourth-order valence-corrected chi connectivity index (χ4v) is 1.39. The summed E-state index contributed by atoms with van der Waals surface area (Å²) in [6.45, 7) is 9.43. The number of hydrogen-bond acceptors (Lipinski definition) is 3. The van der Waals surface area contributed by atoms with E-state index in [0.717, 1.165) is 12.8 Å². The highest BCUT2D eigenvalue weighted by atomic mass is 16.5. The third kappa shape index (κ3) is 5.47. The van der Waals surface area contributed by atoms with Crippen LogP contribution in [-0.2, 0) is 9.53 Å². The van der Waals surface area contributed by atoms with Crippen molar-refractivity contribution >= 4 is 5.91 Å². The molecule has 0 saturated carbocycles. The van der Waals surface area contributed by atoms with Gasteiger partial charge in [-0.2, -0.15) is 0 Å². The SMILES string of the molecule is CCC(CC)(CN)OCC(=O)NCC(C)C. The standard InChI is InChI=1S/C12H26N2O2/c1-5-12(6-2,9-13)16-8-11(15)14-7-10(3)4/h10H,5-9,13H2,1-4H3,(H,14,15). The van der Waals surface area contributed by atoms with E-state index in [1.165, 1.54) is 0 Å². The van der Waals surface area contributed by atoms with Gasteiger partial charge in [0.05, 0.1) is 5.60 Å². The summed E-state index contributed by atoms with van der Waals surface area (Å²) in [5.74, 6) is 0.397. The van der Waals surface area contributed by atoms with E-state index in [9.17, 15) is 4.79 Å². The molecule has 0 spiro atoms. The van der Waals surface area contributed by atoms with Crippen LogP contribution in [0.4, 0.5) is 0 Å². The average molecular weight is 230 g/mol. The topological polar surface area (TPSA) is 64.3 Å². The minimum Gasteiger partial charge on any atom is -0.364 e. The third-order valence-corrected chi connectivity index (χ3v) is 2.88. The van der Waals surface area contributed by atoms with E-state index in [1.807, 2.05) is 13.8 Å². The molecule has 0 rings (SSSR count). The van der Waals surface area contributed by atoms with Gasteiger partial charge in [-0.3, -0.25) is 4.79 Å². The first-order chi connectivity index (χ1) is 7.49. The van der Waals surface area contributed by atoms with E-state index in [-0.39, 0.29) is 18.1 Å². The summed E-state index contributed by atoms with van der Waals surface area (Å²) in [6, 6.07) is 0. The van der Waals surface area contributed by atoms with E-state index in [2.05, 4.69) is 19.2 Å². The van der Waals surface area contributed by atoms with Crippen LogP contribution in [0, 0.1) is 5.92 Å². The van der Waals surface area contributed by atoms with Gasteiger partial charge in [0, 0.05) is 13.1 Å². The van der Waals surface area contributed by atoms with Crippen LogP contribution >= 0.6 is 0 Å². The van der Waals surface area contributed by atoms with Gasteiger partial charge in [0.15, 0.2) is 0 Å². The third-order valence-electron chi connectivity index (χ3n) is 2.88. The Morgan fingerprint density at radius 3 is 2.31 bits per heavy atom. The molecule has 0 atom stereocenters. The Balaban J connectivity index is 3.97. The monoisotopic (exact) mass is 230 g/mol. The minimum atomic E-state index is -0.338. The summed E-state index contributed by atoms with van der Waals surface area (Å²) in [7, 11) is 0. The molecule has 0 saturated heterocycles. The Morgan fingerprint density at radius 2 is 1.94 bits per heavy atom. The number of carbonyl (C=O) groups is 1. The molecule has 0 bridgehead atoms. The maximum Gasteiger partial charge on any atom is 0.246 e. The molecule has 3 N–H and O–H groups in total. The number of ether oxygens (including phenoxy) is 1. The van der Waals surface area contributed by atoms with Gasteiger partial charge in [-0.05, 0) is 18.8 Å². The number of nitrogens with two attached hydrogens (primary N) is 1. The lowest BCUT2D eigenvalue weighted by Gasteiger charge is -2.30. The molecule has 0 aromatic rings. The zero-order chi connectivity index (χ0) is 12.6. The summed E-state index contributed by atoms with van der Waals surface area (Å²) in [6.07, 6.45) is 1.66. The van der Waals surface area contributed by atoms with Gasteiger partial charge in [0.1, 0.15) is 6.61 Å². The lowest BCUT2D eigenvalue weighted by Crippen LogP contribution is -2.43. The summed E-state index contributed by atoms with van der Waals surface area (Å²) in [4.78, 5) is 11.5. The number of carbonyl (C=O) groups excluding carboxylic acids is 1. The van der Waals surface area contributed by atoms with Gasteiger partial charge >= 0.3 is 0 Å². The van der Waals surface area contributed by atoms with E-state index in [0.29, 0.717) is 19.0 Å². The number of rotatable bonds is 8. The Kier molecular flexibility index (Phi) is 7.34. The molecule has 0 radical (unpaired) electrons. The van der Waals surface area contributed by atoms with Crippen LogP contribution in [0.2, 0.25) is 0 Å². The Hall–Kier alpha value is -0.610. The van der Waals surface area contributed by atoms with Crippen molar-refractivity contribution in [1.82, 2.24) is 5.32 Å². The quantitative estimate of drug-likeness (QED) is 0.660. The van der Waals surface area contributed by atoms with Gasteiger partial charge < -0.3 is 15.8 Å². The van der Waals surface area contributed by atoms with E-state index in [4.69, 9.17) is 10.5 Å². The molecule has 1 amide bonds. The molecular weight excluding hydrogens is 204 g/mol. The van der Waals surface area contributed by atoms with E-state index in [1.54, 1.807) is 0 Å². The first-order valence-corrected chi connectivity index (χ1v) is 6.10. The van der Waals surface area contributed by atoms with Crippen LogP contribution in [-0.4, -0.2) is 31.2 Å². The Morgan fingerprint density at radius 1 is 1.38 bits per heavy atom. The number of nitrogens with one attached hydrogen (secondary N) is 1. The molecule has 4 nitrogen and oxygen atoms in total. The maximum absolute atomic E-state index is 11.5. The van der Waals surface area contributed by atoms with E-state index >= 15 is 0 Å². The molecule has 16 heavy (non-hydrogen) atoms. The fraction of sp³-hybridized carbons (Fsp3) is 0.917. The second-order valence-electron chi connectivity index (χ2n) is 4.58. The fourth-order valence-electron chi connectivity index (χ4n) is 1.39. The molecule has 0 aromatic heterocycles. The molecule has 4 heteroatoms. The summed E-state index contributed by atoms with van der Waals surface area (Å²) in [5, 5.41) is 2.82. The molecule has 96 valence electrons. The zero-order valence-electron chi connectivity index (χ0n) is 11.0. The molecular formula is C12H26N2O2. The van der Waals surface area contributed by atoms with Gasteiger partial charge in [0.25, 0.3) is 0 Å². The molecule has 0 heterocycles. The van der Waals surface area contributed by atoms with Crippen LogP contribution in [0.1, 0.15) is 40.5 Å². The van der Waals surface area contributed by atoms with Gasteiger partial charge in [-0.1, -0.05) is 27.7 Å². The largest absolute Gasteiger partial charge is 0.364 e. The number of hydrogen-bond donors (Lipinski definition) is 2. The summed E-state index contributed by atoms with van der Waals surface area (Å²) in [5.41, 5.74) is 5.34. The predicted molar refractivity (Wildman–Crippen MR) is 66.2 cm³/mol. The Labute approximate surface area is 98.9 Å². The smallest absolute Gasteiger partial charge is 0.246 e. The van der Waals surface area contributed by atoms with Crippen molar-refractivity contribution in [1.29, 1.82) is 0 Å². The second kappa shape index (κ2) is 7.63. The first-order valence-electron chi connectivity index (χ1n) is 6.10. The molecule has 0 fully saturated rings. The van der Waals surface area contributed by atoms with Crippen LogP contribution in [0.5, 0.6) is 0 Å². The second-order valence-corrected chi connectivity index (χ2v) is 4.58. The van der Waals surface area contributed by atoms with Crippen molar-refractivity contribution < 1.29 is 9.53 Å². The van der Waals surface area contributed by atoms with Crippen molar-refractivity contribution in [2.24, 2.45) is 11.7 Å². The van der Waals surface area contributed by atoms with Gasteiger partial charge in [0.2, 0.25) is 5.91 Å². The average Bonchev–Trinajstić information content (AvgIpc) is 2.29. The molecule has 0 aliphatic rings. The number of amides is 1. The minimum absolute atomic E-state index is 0.0616. The lowest BCUT2D eigenvalue weighted by atomic mass is 9.97. The highest BCUT2D eigenvalue weighted by Crippen LogP contribution is 2.18. The van der Waals surface area contributed by atoms with Crippen molar-refractivity contribution in [3.8, 4) is 0 Å². The maximum atomic E-state index is 11.5. The van der Waals surface area contributed by atoms with Crippen LogP contribution in [0.25, 0.3) is 0 Å². The van der Waals surface area contributed by atoms with Gasteiger partial charge in [-0.25, -0.2) is 0 Å². The molecule has 0 aromatic carbocycles. The van der Waals surface area contributed by atoms with Crippen LogP contribution in [0.3, 0.4) is 0 Å². The summed E-state index contributed by atoms with van der Waals surface area (Å²) >= 11 is 0. The normalized spacial score (nSPS) is 11.9. The van der Waals surface area contributed by atoms with Crippen molar-refractivity contribution in [2.45, 2.75) is 46.1 Å². The van der Waals surface area contributed by atoms with Gasteiger partial charge in [-0.15, -0.1) is 0 Å². The van der Waals surface area contributed by atoms with Crippen molar-refractivity contribution in [2.75, 3.05) is 19.7 Å². The van der Waals surface area contributed by atoms with Crippen LogP contribution < -0.4 is 11.1 Å². The zero-order valence-corrected chi connectivity index (χ0v) is 11.0. The highest BCUT2D eigenvalue weighted by Gasteiger charge is 2.25. The molecule has 0 unspecified atom stereocenters. The first kappa shape index (κ1) is 15.4. The predicted octanol–water partition coefficient (Wildman–Crippen LogP) is 1.29. The summed E-state index contributed by atoms with van der Waals surface area (Å²) < 4.78 is 5.63.